The highest BCUT2D eigenvalue weighted by Gasteiger charge is 2.16. The summed E-state index contributed by atoms with van der Waals surface area (Å²) < 4.78 is 5.65. The molecule has 1 aliphatic heterocycles. The van der Waals surface area contributed by atoms with Crippen LogP contribution in [0.4, 0.5) is 5.69 Å². The average Bonchev–Trinajstić information content (AvgIpc) is 2.27. The SMILES string of the molecule is CN1CCCc2c(OCCN)cccc21. The lowest BCUT2D eigenvalue weighted by Crippen LogP contribution is -2.25. The van der Waals surface area contributed by atoms with E-state index in [9.17, 15) is 0 Å². The van der Waals surface area contributed by atoms with Crippen molar-refractivity contribution in [3.8, 4) is 5.75 Å². The summed E-state index contributed by atoms with van der Waals surface area (Å²) in [5.74, 6) is 1.00. The minimum Gasteiger partial charge on any atom is -0.492 e. The molecule has 0 aliphatic carbocycles. The van der Waals surface area contributed by atoms with Gasteiger partial charge in [0.15, 0.2) is 0 Å². The minimum absolute atomic E-state index is 0.569. The van der Waals surface area contributed by atoms with Gasteiger partial charge in [-0.3, -0.25) is 0 Å². The Balaban J connectivity index is 2.27. The van der Waals surface area contributed by atoms with Crippen molar-refractivity contribution in [1.29, 1.82) is 0 Å². The first-order valence-electron chi connectivity index (χ1n) is 5.49. The predicted octanol–water partition coefficient (Wildman–Crippen LogP) is 1.41. The van der Waals surface area contributed by atoms with Gasteiger partial charge in [0.05, 0.1) is 0 Å². The molecule has 0 radical (unpaired) electrons. The van der Waals surface area contributed by atoms with Crippen LogP contribution < -0.4 is 15.4 Å². The van der Waals surface area contributed by atoms with Crippen molar-refractivity contribution in [3.63, 3.8) is 0 Å². The van der Waals surface area contributed by atoms with Crippen LogP contribution in [0.25, 0.3) is 0 Å². The van der Waals surface area contributed by atoms with E-state index in [1.54, 1.807) is 0 Å². The first kappa shape index (κ1) is 10.3. The summed E-state index contributed by atoms with van der Waals surface area (Å²) in [7, 11) is 2.13. The van der Waals surface area contributed by atoms with Gasteiger partial charge in [-0.15, -0.1) is 0 Å². The molecule has 0 fully saturated rings. The summed E-state index contributed by atoms with van der Waals surface area (Å²) in [6.07, 6.45) is 2.31. The third-order valence-electron chi connectivity index (χ3n) is 2.82. The first-order chi connectivity index (χ1) is 7.33. The van der Waals surface area contributed by atoms with Crippen molar-refractivity contribution in [3.05, 3.63) is 23.8 Å². The van der Waals surface area contributed by atoms with Gasteiger partial charge in [-0.05, 0) is 25.0 Å². The van der Waals surface area contributed by atoms with E-state index in [1.165, 1.54) is 17.7 Å². The van der Waals surface area contributed by atoms with Gasteiger partial charge in [0, 0.05) is 31.4 Å². The van der Waals surface area contributed by atoms with Gasteiger partial charge in [-0.1, -0.05) is 6.07 Å². The van der Waals surface area contributed by atoms with Gasteiger partial charge in [0.1, 0.15) is 12.4 Å². The summed E-state index contributed by atoms with van der Waals surface area (Å²) in [6, 6.07) is 6.24. The van der Waals surface area contributed by atoms with Gasteiger partial charge in [0.25, 0.3) is 0 Å². The number of nitrogens with zero attached hydrogens (tertiary/aromatic N) is 1. The number of nitrogens with two attached hydrogens (primary N) is 1. The zero-order valence-corrected chi connectivity index (χ0v) is 9.20. The lowest BCUT2D eigenvalue weighted by Gasteiger charge is -2.28. The highest BCUT2D eigenvalue weighted by atomic mass is 16.5. The Labute approximate surface area is 90.8 Å². The second kappa shape index (κ2) is 4.53. The third kappa shape index (κ3) is 2.07. The van der Waals surface area contributed by atoms with E-state index in [2.05, 4.69) is 18.0 Å². The fraction of sp³-hybridized carbons (Fsp3) is 0.500. The van der Waals surface area contributed by atoms with Gasteiger partial charge in [-0.25, -0.2) is 0 Å². The molecule has 1 aromatic carbocycles. The monoisotopic (exact) mass is 206 g/mol. The van der Waals surface area contributed by atoms with Crippen molar-refractivity contribution >= 4 is 5.69 Å². The summed E-state index contributed by atoms with van der Waals surface area (Å²) in [6.45, 7) is 2.30. The van der Waals surface area contributed by atoms with Crippen LogP contribution in [0.1, 0.15) is 12.0 Å². The molecule has 2 rings (SSSR count). The van der Waals surface area contributed by atoms with Crippen molar-refractivity contribution in [2.24, 2.45) is 5.73 Å². The molecule has 0 amide bonds. The molecule has 0 bridgehead atoms. The topological polar surface area (TPSA) is 38.5 Å². The summed E-state index contributed by atoms with van der Waals surface area (Å²) in [4.78, 5) is 2.29. The molecule has 0 unspecified atom stereocenters. The van der Waals surface area contributed by atoms with Crippen LogP contribution in [-0.4, -0.2) is 26.7 Å². The number of rotatable bonds is 3. The predicted molar refractivity (Wildman–Crippen MR) is 62.6 cm³/mol. The van der Waals surface area contributed by atoms with E-state index in [-0.39, 0.29) is 0 Å². The molecule has 0 saturated heterocycles. The Morgan fingerprint density at radius 2 is 2.33 bits per heavy atom. The maximum Gasteiger partial charge on any atom is 0.124 e. The lowest BCUT2D eigenvalue weighted by atomic mass is 10.0. The lowest BCUT2D eigenvalue weighted by molar-refractivity contribution is 0.324. The normalized spacial score (nSPS) is 14.9. The third-order valence-corrected chi connectivity index (χ3v) is 2.82. The second-order valence-corrected chi connectivity index (χ2v) is 3.92. The summed E-state index contributed by atoms with van der Waals surface area (Å²) in [5, 5.41) is 0. The molecule has 1 heterocycles. The zero-order chi connectivity index (χ0) is 10.7. The molecular weight excluding hydrogens is 188 g/mol. The number of fused-ring (bicyclic) bond motifs is 1. The molecule has 0 spiro atoms. The molecular formula is C12H18N2O. The standard InChI is InChI=1S/C12H18N2O/c1-14-8-3-4-10-11(14)5-2-6-12(10)15-9-7-13/h2,5-6H,3-4,7-9,13H2,1H3. The van der Waals surface area contributed by atoms with Crippen LogP contribution in [0.3, 0.4) is 0 Å². The van der Waals surface area contributed by atoms with Crippen LogP contribution in [-0.2, 0) is 6.42 Å². The van der Waals surface area contributed by atoms with Crippen LogP contribution in [0, 0.1) is 0 Å². The van der Waals surface area contributed by atoms with E-state index in [0.29, 0.717) is 13.2 Å². The van der Waals surface area contributed by atoms with Gasteiger partial charge in [-0.2, -0.15) is 0 Å². The van der Waals surface area contributed by atoms with Crippen molar-refractivity contribution in [1.82, 2.24) is 0 Å². The first-order valence-corrected chi connectivity index (χ1v) is 5.49. The number of benzene rings is 1. The molecule has 1 aromatic rings. The Morgan fingerprint density at radius 1 is 1.47 bits per heavy atom. The van der Waals surface area contributed by atoms with E-state index in [4.69, 9.17) is 10.5 Å². The number of hydrogen-bond acceptors (Lipinski definition) is 3. The smallest absolute Gasteiger partial charge is 0.124 e. The van der Waals surface area contributed by atoms with Crippen LogP contribution in [0.2, 0.25) is 0 Å². The Hall–Kier alpha value is -1.22. The van der Waals surface area contributed by atoms with Gasteiger partial charge >= 0.3 is 0 Å². The minimum atomic E-state index is 0.569. The largest absolute Gasteiger partial charge is 0.492 e. The fourth-order valence-corrected chi connectivity index (χ4v) is 2.08. The fourth-order valence-electron chi connectivity index (χ4n) is 2.08. The van der Waals surface area contributed by atoms with Crippen molar-refractivity contribution < 1.29 is 4.74 Å². The second-order valence-electron chi connectivity index (χ2n) is 3.92. The summed E-state index contributed by atoms with van der Waals surface area (Å²) >= 11 is 0. The van der Waals surface area contributed by atoms with E-state index in [0.717, 1.165) is 18.7 Å². The Kier molecular flexibility index (Phi) is 3.11. The van der Waals surface area contributed by atoms with E-state index >= 15 is 0 Å². The van der Waals surface area contributed by atoms with Crippen LogP contribution in [0.5, 0.6) is 5.75 Å². The number of ether oxygens (including phenoxy) is 1. The Bertz CT molecular complexity index is 338. The van der Waals surface area contributed by atoms with Gasteiger partial charge < -0.3 is 15.4 Å². The molecule has 3 heteroatoms. The summed E-state index contributed by atoms with van der Waals surface area (Å²) in [5.41, 5.74) is 8.08. The number of anilines is 1. The van der Waals surface area contributed by atoms with Crippen molar-refractivity contribution in [2.75, 3.05) is 31.6 Å². The van der Waals surface area contributed by atoms with Gasteiger partial charge in [0.2, 0.25) is 0 Å². The Morgan fingerprint density at radius 3 is 3.13 bits per heavy atom. The molecule has 2 N–H and O–H groups in total. The zero-order valence-electron chi connectivity index (χ0n) is 9.20. The highest BCUT2D eigenvalue weighted by molar-refractivity contribution is 5.60. The van der Waals surface area contributed by atoms with E-state index in [1.807, 2.05) is 12.1 Å². The average molecular weight is 206 g/mol. The van der Waals surface area contributed by atoms with Crippen LogP contribution in [0.15, 0.2) is 18.2 Å². The van der Waals surface area contributed by atoms with Crippen molar-refractivity contribution in [2.45, 2.75) is 12.8 Å². The molecule has 0 aromatic heterocycles. The molecule has 0 saturated carbocycles. The molecule has 3 nitrogen and oxygen atoms in total. The molecule has 82 valence electrons. The number of hydrogen-bond donors (Lipinski definition) is 1. The maximum atomic E-state index is 5.65. The quantitative estimate of drug-likeness (QED) is 0.812. The van der Waals surface area contributed by atoms with Crippen LogP contribution >= 0.6 is 0 Å². The van der Waals surface area contributed by atoms with E-state index < -0.39 is 0 Å². The highest BCUT2D eigenvalue weighted by Crippen LogP contribution is 2.33. The molecule has 1 aliphatic rings. The molecule has 0 atom stereocenters. The maximum absolute atomic E-state index is 5.65. The molecule has 15 heavy (non-hydrogen) atoms.